The predicted octanol–water partition coefficient (Wildman–Crippen LogP) is 5.41. The molecular formula is C18H16N2. The van der Waals surface area contributed by atoms with E-state index < -0.39 is 0 Å². The van der Waals surface area contributed by atoms with Gasteiger partial charge in [0.15, 0.2) is 0 Å². The standard InChI is InChI=1S/C18H16N2/c1-3-9-15(2)17-12-7-8-13-18(17)20-14-19-16-10-5-4-6-11-16/h3-13H,1H2,2H3/b15-9+. The van der Waals surface area contributed by atoms with Gasteiger partial charge in [0.2, 0.25) is 0 Å². The summed E-state index contributed by atoms with van der Waals surface area (Å²) in [6.45, 7) is 5.75. The van der Waals surface area contributed by atoms with E-state index in [0.29, 0.717) is 0 Å². The Morgan fingerprint density at radius 1 is 1.00 bits per heavy atom. The van der Waals surface area contributed by atoms with E-state index >= 15 is 0 Å². The first-order valence-corrected chi connectivity index (χ1v) is 6.41. The Kier molecular flexibility index (Phi) is 4.82. The minimum Gasteiger partial charge on any atom is -0.188 e. The van der Waals surface area contributed by atoms with Gasteiger partial charge in [0, 0.05) is 5.56 Å². The lowest BCUT2D eigenvalue weighted by atomic mass is 10.1. The zero-order valence-electron chi connectivity index (χ0n) is 11.5. The number of allylic oxidation sites excluding steroid dienone is 3. The highest BCUT2D eigenvalue weighted by molar-refractivity contribution is 5.76. The first-order valence-electron chi connectivity index (χ1n) is 6.41. The van der Waals surface area contributed by atoms with Crippen LogP contribution in [-0.2, 0) is 0 Å². The van der Waals surface area contributed by atoms with E-state index in [9.17, 15) is 0 Å². The van der Waals surface area contributed by atoms with Gasteiger partial charge in [0.1, 0.15) is 6.01 Å². The molecule has 0 atom stereocenters. The Bertz CT molecular complexity index is 676. The van der Waals surface area contributed by atoms with E-state index in [1.807, 2.05) is 67.6 Å². The smallest absolute Gasteiger partial charge is 0.100 e. The predicted molar refractivity (Wildman–Crippen MR) is 85.9 cm³/mol. The second kappa shape index (κ2) is 7.03. The molecule has 2 rings (SSSR count). The molecule has 0 aliphatic heterocycles. The molecule has 20 heavy (non-hydrogen) atoms. The Hall–Kier alpha value is -2.70. The minimum atomic E-state index is 0.840. The summed E-state index contributed by atoms with van der Waals surface area (Å²) in [6, 6.07) is 20.3. The Labute approximate surface area is 119 Å². The molecule has 2 aromatic carbocycles. The van der Waals surface area contributed by atoms with Gasteiger partial charge in [-0.25, -0.2) is 0 Å². The van der Waals surface area contributed by atoms with Crippen molar-refractivity contribution in [1.82, 2.24) is 0 Å². The number of rotatable bonds is 4. The summed E-state index contributed by atoms with van der Waals surface area (Å²) >= 11 is 0. The quantitative estimate of drug-likeness (QED) is 0.518. The third kappa shape index (κ3) is 3.64. The maximum absolute atomic E-state index is 4.31. The fraction of sp³-hybridized carbons (Fsp3) is 0.0556. The van der Waals surface area contributed by atoms with Gasteiger partial charge in [0.25, 0.3) is 0 Å². The summed E-state index contributed by atoms with van der Waals surface area (Å²) < 4.78 is 0. The third-order valence-corrected chi connectivity index (χ3v) is 2.80. The molecule has 0 saturated heterocycles. The van der Waals surface area contributed by atoms with E-state index in [1.54, 1.807) is 6.08 Å². The van der Waals surface area contributed by atoms with Crippen LogP contribution in [0.2, 0.25) is 0 Å². The molecule has 2 heteroatoms. The van der Waals surface area contributed by atoms with Gasteiger partial charge in [-0.2, -0.15) is 9.98 Å². The minimum absolute atomic E-state index is 0.840. The van der Waals surface area contributed by atoms with Crippen LogP contribution in [0.1, 0.15) is 12.5 Å². The first-order chi connectivity index (χ1) is 9.81. The molecule has 2 aromatic rings. The number of hydrogen-bond donors (Lipinski definition) is 0. The van der Waals surface area contributed by atoms with Crippen molar-refractivity contribution < 1.29 is 0 Å². The maximum Gasteiger partial charge on any atom is 0.100 e. The lowest BCUT2D eigenvalue weighted by molar-refractivity contribution is 1.46. The van der Waals surface area contributed by atoms with Gasteiger partial charge in [0.05, 0.1) is 11.4 Å². The van der Waals surface area contributed by atoms with Crippen molar-refractivity contribution >= 4 is 23.0 Å². The number of para-hydroxylation sites is 2. The van der Waals surface area contributed by atoms with Crippen LogP contribution in [-0.4, -0.2) is 6.01 Å². The molecule has 0 fully saturated rings. The van der Waals surface area contributed by atoms with Gasteiger partial charge in [-0.05, 0) is 30.7 Å². The number of hydrogen-bond acceptors (Lipinski definition) is 2. The first kappa shape index (κ1) is 13.7. The summed E-state index contributed by atoms with van der Waals surface area (Å²) in [5.74, 6) is 0. The highest BCUT2D eigenvalue weighted by atomic mass is 14.8. The van der Waals surface area contributed by atoms with Crippen LogP contribution in [0.15, 0.2) is 83.3 Å². The molecule has 0 amide bonds. The van der Waals surface area contributed by atoms with Crippen molar-refractivity contribution in [1.29, 1.82) is 0 Å². The SMILES string of the molecule is C=C/C=C(\C)c1ccccc1N=C=Nc1ccccc1. The molecular weight excluding hydrogens is 244 g/mol. The Morgan fingerprint density at radius 3 is 2.45 bits per heavy atom. The Morgan fingerprint density at radius 2 is 1.70 bits per heavy atom. The average molecular weight is 260 g/mol. The molecule has 0 bridgehead atoms. The lowest BCUT2D eigenvalue weighted by Gasteiger charge is -2.03. The van der Waals surface area contributed by atoms with Crippen LogP contribution < -0.4 is 0 Å². The van der Waals surface area contributed by atoms with Gasteiger partial charge >= 0.3 is 0 Å². The van der Waals surface area contributed by atoms with Gasteiger partial charge < -0.3 is 0 Å². The van der Waals surface area contributed by atoms with Crippen molar-refractivity contribution in [2.45, 2.75) is 6.92 Å². The second-order valence-electron chi connectivity index (χ2n) is 4.26. The topological polar surface area (TPSA) is 24.7 Å². The van der Waals surface area contributed by atoms with E-state index in [1.165, 1.54) is 0 Å². The van der Waals surface area contributed by atoms with Crippen LogP contribution in [0, 0.1) is 0 Å². The molecule has 0 aliphatic carbocycles. The maximum atomic E-state index is 4.31. The second-order valence-corrected chi connectivity index (χ2v) is 4.26. The lowest BCUT2D eigenvalue weighted by Crippen LogP contribution is -1.79. The van der Waals surface area contributed by atoms with Crippen LogP contribution >= 0.6 is 0 Å². The summed E-state index contributed by atoms with van der Waals surface area (Å²) in [5, 5.41) is 0. The molecule has 0 N–H and O–H groups in total. The average Bonchev–Trinajstić information content (AvgIpc) is 2.49. The zero-order valence-corrected chi connectivity index (χ0v) is 11.5. The highest BCUT2D eigenvalue weighted by Crippen LogP contribution is 2.25. The van der Waals surface area contributed by atoms with Crippen molar-refractivity contribution in [2.75, 3.05) is 0 Å². The molecule has 0 spiro atoms. The van der Waals surface area contributed by atoms with E-state index in [4.69, 9.17) is 0 Å². The van der Waals surface area contributed by atoms with Crippen LogP contribution in [0.5, 0.6) is 0 Å². The normalized spacial score (nSPS) is 10.6. The monoisotopic (exact) mass is 260 g/mol. The van der Waals surface area contributed by atoms with Crippen LogP contribution in [0.4, 0.5) is 11.4 Å². The molecule has 98 valence electrons. The summed E-state index contributed by atoms with van der Waals surface area (Å²) in [5.41, 5.74) is 3.86. The number of benzene rings is 2. The summed E-state index contributed by atoms with van der Waals surface area (Å²) in [6.07, 6.45) is 3.73. The van der Waals surface area contributed by atoms with Crippen molar-refractivity contribution in [3.05, 3.63) is 78.9 Å². The van der Waals surface area contributed by atoms with Crippen molar-refractivity contribution in [3.63, 3.8) is 0 Å². The summed E-state index contributed by atoms with van der Waals surface area (Å²) in [4.78, 5) is 8.50. The number of aliphatic imine (C=N–C) groups is 2. The van der Waals surface area contributed by atoms with E-state index in [2.05, 4.69) is 22.6 Å². The van der Waals surface area contributed by atoms with E-state index in [-0.39, 0.29) is 0 Å². The molecule has 0 heterocycles. The van der Waals surface area contributed by atoms with Crippen LogP contribution in [0.25, 0.3) is 5.57 Å². The van der Waals surface area contributed by atoms with E-state index in [0.717, 1.165) is 22.5 Å². The van der Waals surface area contributed by atoms with Gasteiger partial charge in [-0.1, -0.05) is 55.1 Å². The Balaban J connectivity index is 2.32. The molecule has 0 aromatic heterocycles. The molecule has 0 aliphatic rings. The molecule has 0 saturated carbocycles. The van der Waals surface area contributed by atoms with Crippen molar-refractivity contribution in [2.24, 2.45) is 9.98 Å². The zero-order chi connectivity index (χ0) is 14.2. The van der Waals surface area contributed by atoms with Gasteiger partial charge in [-0.15, -0.1) is 0 Å². The third-order valence-electron chi connectivity index (χ3n) is 2.80. The number of nitrogens with zero attached hydrogens (tertiary/aromatic N) is 2. The molecule has 2 nitrogen and oxygen atoms in total. The fourth-order valence-corrected chi connectivity index (χ4v) is 1.81. The molecule has 0 radical (unpaired) electrons. The largest absolute Gasteiger partial charge is 0.188 e. The van der Waals surface area contributed by atoms with Crippen LogP contribution in [0.3, 0.4) is 0 Å². The van der Waals surface area contributed by atoms with Crippen molar-refractivity contribution in [3.8, 4) is 0 Å². The fourth-order valence-electron chi connectivity index (χ4n) is 1.81. The molecule has 0 unspecified atom stereocenters. The highest BCUT2D eigenvalue weighted by Gasteiger charge is 2.00. The van der Waals surface area contributed by atoms with Gasteiger partial charge in [-0.3, -0.25) is 0 Å². The summed E-state index contributed by atoms with van der Waals surface area (Å²) in [7, 11) is 0.